The molecular formula is C17H24N2O2. The van der Waals surface area contributed by atoms with Crippen molar-refractivity contribution in [1.82, 2.24) is 9.88 Å². The number of aromatic nitrogens is 1. The summed E-state index contributed by atoms with van der Waals surface area (Å²) in [5.74, 6) is 1.24. The van der Waals surface area contributed by atoms with Gasteiger partial charge in [-0.05, 0) is 31.4 Å². The lowest BCUT2D eigenvalue weighted by Crippen LogP contribution is -2.49. The lowest BCUT2D eigenvalue weighted by molar-refractivity contribution is -0.137. The van der Waals surface area contributed by atoms with Crippen molar-refractivity contribution in [2.24, 2.45) is 0 Å². The third kappa shape index (κ3) is 3.20. The van der Waals surface area contributed by atoms with Crippen LogP contribution in [0.4, 0.5) is 0 Å². The van der Waals surface area contributed by atoms with Crippen LogP contribution in [0.1, 0.15) is 51.9 Å². The minimum Gasteiger partial charge on any atom is -0.490 e. The van der Waals surface area contributed by atoms with Crippen LogP contribution in [0.2, 0.25) is 0 Å². The first kappa shape index (κ1) is 14.4. The van der Waals surface area contributed by atoms with E-state index in [0.29, 0.717) is 24.4 Å². The molecule has 114 valence electrons. The van der Waals surface area contributed by atoms with Crippen LogP contribution in [-0.2, 0) is 4.79 Å². The Morgan fingerprint density at radius 3 is 2.57 bits per heavy atom. The number of fused-ring (bicyclic) bond motifs is 2. The predicted molar refractivity (Wildman–Crippen MR) is 81.1 cm³/mol. The molecule has 2 aliphatic rings. The highest BCUT2D eigenvalue weighted by Gasteiger charge is 2.43. The number of hydrogen-bond donors (Lipinski definition) is 0. The van der Waals surface area contributed by atoms with Crippen molar-refractivity contribution in [2.45, 2.75) is 70.1 Å². The number of piperidine rings is 1. The van der Waals surface area contributed by atoms with Crippen molar-refractivity contribution in [2.75, 3.05) is 0 Å². The van der Waals surface area contributed by atoms with E-state index in [1.165, 1.54) is 0 Å². The summed E-state index contributed by atoms with van der Waals surface area (Å²) >= 11 is 0. The fraction of sp³-hybridized carbons (Fsp3) is 0.647. The van der Waals surface area contributed by atoms with Crippen LogP contribution in [0.15, 0.2) is 24.5 Å². The molecule has 0 spiro atoms. The zero-order chi connectivity index (χ0) is 14.7. The minimum atomic E-state index is 0.236. The van der Waals surface area contributed by atoms with E-state index >= 15 is 0 Å². The molecule has 1 aromatic rings. The molecule has 2 bridgehead atoms. The molecule has 1 aromatic heterocycles. The maximum absolute atomic E-state index is 12.4. The van der Waals surface area contributed by atoms with E-state index in [4.69, 9.17) is 4.74 Å². The highest BCUT2D eigenvalue weighted by molar-refractivity contribution is 5.77. The van der Waals surface area contributed by atoms with Crippen molar-refractivity contribution < 1.29 is 9.53 Å². The molecule has 0 N–H and O–H groups in total. The second-order valence-electron chi connectivity index (χ2n) is 6.18. The Kier molecular flexibility index (Phi) is 4.42. The number of nitrogens with zero attached hydrogens (tertiary/aromatic N) is 2. The molecule has 2 saturated heterocycles. The number of carbonyl (C=O) groups excluding carboxylic acids is 1. The van der Waals surface area contributed by atoms with Crippen LogP contribution in [0.25, 0.3) is 0 Å². The number of carbonyl (C=O) groups is 1. The van der Waals surface area contributed by atoms with Gasteiger partial charge >= 0.3 is 0 Å². The Bertz CT molecular complexity index is 463. The second kappa shape index (κ2) is 6.46. The van der Waals surface area contributed by atoms with Crippen LogP contribution in [-0.4, -0.2) is 34.0 Å². The van der Waals surface area contributed by atoms with Gasteiger partial charge in [-0.1, -0.05) is 13.3 Å². The molecule has 0 unspecified atom stereocenters. The van der Waals surface area contributed by atoms with Gasteiger partial charge < -0.3 is 9.64 Å². The normalized spacial score (nSPS) is 27.7. The number of amides is 1. The standard InChI is InChI=1S/C17H24N2O2/c1-2-3-4-17(20)19-13-5-6-14(19)12-16(11-13)21-15-7-9-18-10-8-15/h7-10,13-14,16H,2-6,11-12H2,1H3/t13-,14-/m0/s1. The Morgan fingerprint density at radius 1 is 1.29 bits per heavy atom. The van der Waals surface area contributed by atoms with E-state index in [-0.39, 0.29) is 6.10 Å². The highest BCUT2D eigenvalue weighted by atomic mass is 16.5. The minimum absolute atomic E-state index is 0.236. The molecule has 3 heterocycles. The zero-order valence-corrected chi connectivity index (χ0v) is 12.7. The molecule has 4 nitrogen and oxygen atoms in total. The summed E-state index contributed by atoms with van der Waals surface area (Å²) in [6.07, 6.45) is 10.8. The Balaban J connectivity index is 1.60. The maximum Gasteiger partial charge on any atom is 0.223 e. The lowest BCUT2D eigenvalue weighted by atomic mass is 9.98. The summed E-state index contributed by atoms with van der Waals surface area (Å²) in [5.41, 5.74) is 0. The Morgan fingerprint density at radius 2 is 1.95 bits per heavy atom. The first-order valence-electron chi connectivity index (χ1n) is 8.15. The van der Waals surface area contributed by atoms with Gasteiger partial charge in [0.2, 0.25) is 5.91 Å². The largest absolute Gasteiger partial charge is 0.490 e. The van der Waals surface area contributed by atoms with E-state index in [2.05, 4.69) is 16.8 Å². The quantitative estimate of drug-likeness (QED) is 0.835. The van der Waals surface area contributed by atoms with Crippen LogP contribution in [0.5, 0.6) is 5.75 Å². The van der Waals surface area contributed by atoms with Crippen LogP contribution < -0.4 is 4.74 Å². The molecule has 0 aromatic carbocycles. The van der Waals surface area contributed by atoms with Gasteiger partial charge in [0.15, 0.2) is 0 Å². The monoisotopic (exact) mass is 288 g/mol. The molecule has 21 heavy (non-hydrogen) atoms. The smallest absolute Gasteiger partial charge is 0.223 e. The molecule has 2 fully saturated rings. The molecule has 2 atom stereocenters. The number of hydrogen-bond acceptors (Lipinski definition) is 3. The summed E-state index contributed by atoms with van der Waals surface area (Å²) < 4.78 is 6.07. The van der Waals surface area contributed by atoms with Crippen molar-refractivity contribution in [3.63, 3.8) is 0 Å². The highest BCUT2D eigenvalue weighted by Crippen LogP contribution is 2.37. The fourth-order valence-corrected chi connectivity index (χ4v) is 3.70. The SMILES string of the molecule is CCCCC(=O)N1[C@H]2CC[C@H]1CC(Oc1ccncc1)C2. The average molecular weight is 288 g/mol. The second-order valence-corrected chi connectivity index (χ2v) is 6.18. The molecular weight excluding hydrogens is 264 g/mol. The van der Waals surface area contributed by atoms with Gasteiger partial charge in [-0.3, -0.25) is 9.78 Å². The summed E-state index contributed by atoms with van der Waals surface area (Å²) in [6.45, 7) is 2.14. The number of ether oxygens (including phenoxy) is 1. The van der Waals surface area contributed by atoms with Crippen molar-refractivity contribution in [3.05, 3.63) is 24.5 Å². The zero-order valence-electron chi connectivity index (χ0n) is 12.7. The van der Waals surface area contributed by atoms with E-state index in [1.807, 2.05) is 12.1 Å². The van der Waals surface area contributed by atoms with Crippen molar-refractivity contribution in [3.8, 4) is 5.75 Å². The van der Waals surface area contributed by atoms with Gasteiger partial charge in [0.1, 0.15) is 11.9 Å². The first-order chi connectivity index (χ1) is 10.3. The predicted octanol–water partition coefficient (Wildman–Crippen LogP) is 3.17. The van der Waals surface area contributed by atoms with Crippen molar-refractivity contribution >= 4 is 5.91 Å². The average Bonchev–Trinajstić information content (AvgIpc) is 2.77. The van der Waals surface area contributed by atoms with E-state index in [9.17, 15) is 4.79 Å². The molecule has 4 heteroatoms. The molecule has 0 radical (unpaired) electrons. The molecule has 2 aliphatic heterocycles. The fourth-order valence-electron chi connectivity index (χ4n) is 3.70. The maximum atomic E-state index is 12.4. The van der Waals surface area contributed by atoms with Crippen molar-refractivity contribution in [1.29, 1.82) is 0 Å². The third-order valence-corrected chi connectivity index (χ3v) is 4.67. The topological polar surface area (TPSA) is 42.4 Å². The lowest BCUT2D eigenvalue weighted by Gasteiger charge is -2.39. The van der Waals surface area contributed by atoms with Gasteiger partial charge in [0.05, 0.1) is 0 Å². The van der Waals surface area contributed by atoms with E-state index < -0.39 is 0 Å². The summed E-state index contributed by atoms with van der Waals surface area (Å²) in [4.78, 5) is 18.5. The molecule has 1 amide bonds. The van der Waals surface area contributed by atoms with Crippen LogP contribution in [0.3, 0.4) is 0 Å². The first-order valence-corrected chi connectivity index (χ1v) is 8.15. The molecule has 3 rings (SSSR count). The van der Waals surface area contributed by atoms with Gasteiger partial charge in [-0.15, -0.1) is 0 Å². The van der Waals surface area contributed by atoms with E-state index in [1.54, 1.807) is 12.4 Å². The summed E-state index contributed by atoms with van der Waals surface area (Å²) in [7, 11) is 0. The third-order valence-electron chi connectivity index (χ3n) is 4.67. The van der Waals surface area contributed by atoms with E-state index in [0.717, 1.165) is 44.3 Å². The molecule has 0 aliphatic carbocycles. The van der Waals surface area contributed by atoms with Gasteiger partial charge in [0, 0.05) is 43.7 Å². The number of rotatable bonds is 5. The Labute approximate surface area is 126 Å². The summed E-state index contributed by atoms with van der Waals surface area (Å²) in [6, 6.07) is 4.58. The number of unbranched alkanes of at least 4 members (excludes halogenated alkanes) is 1. The van der Waals surface area contributed by atoms with Gasteiger partial charge in [0.25, 0.3) is 0 Å². The van der Waals surface area contributed by atoms with Gasteiger partial charge in [-0.2, -0.15) is 0 Å². The summed E-state index contributed by atoms with van der Waals surface area (Å²) in [5, 5.41) is 0. The Hall–Kier alpha value is -1.58. The molecule has 0 saturated carbocycles. The van der Waals surface area contributed by atoms with Crippen LogP contribution in [0, 0.1) is 0 Å². The number of pyridine rings is 1. The van der Waals surface area contributed by atoms with Gasteiger partial charge in [-0.25, -0.2) is 0 Å². The van der Waals surface area contributed by atoms with Crippen LogP contribution >= 0.6 is 0 Å².